The molecule has 2 atom stereocenters. The number of ether oxygens (including phenoxy) is 2. The molecule has 1 unspecified atom stereocenters. The summed E-state index contributed by atoms with van der Waals surface area (Å²) in [5.41, 5.74) is 3.81. The highest BCUT2D eigenvalue weighted by atomic mass is 16.5. The third-order valence-corrected chi connectivity index (χ3v) is 6.38. The average molecular weight is 419 g/mol. The molecule has 8 nitrogen and oxygen atoms in total. The van der Waals surface area contributed by atoms with E-state index in [9.17, 15) is 0 Å². The van der Waals surface area contributed by atoms with Crippen LogP contribution in [0.3, 0.4) is 0 Å². The van der Waals surface area contributed by atoms with Gasteiger partial charge in [0.05, 0.1) is 36.2 Å². The van der Waals surface area contributed by atoms with Crippen molar-refractivity contribution in [3.8, 4) is 11.4 Å². The number of fused-ring (bicyclic) bond motifs is 3. The van der Waals surface area contributed by atoms with Gasteiger partial charge in [0, 0.05) is 42.5 Å². The number of H-pyrrole nitrogens is 1. The van der Waals surface area contributed by atoms with E-state index < -0.39 is 0 Å². The maximum atomic E-state index is 6.02. The third kappa shape index (κ3) is 3.09. The molecule has 0 amide bonds. The molecule has 2 aliphatic heterocycles. The fourth-order valence-electron chi connectivity index (χ4n) is 4.81. The third-order valence-electron chi connectivity index (χ3n) is 6.38. The Balaban J connectivity index is 1.56. The van der Waals surface area contributed by atoms with Gasteiger partial charge in [-0.1, -0.05) is 0 Å². The molecular weight excluding hydrogens is 392 g/mol. The number of hydrogen-bond donors (Lipinski definition) is 1. The minimum absolute atomic E-state index is 0.0399. The molecule has 31 heavy (non-hydrogen) atoms. The van der Waals surface area contributed by atoms with Crippen molar-refractivity contribution in [1.82, 2.24) is 24.7 Å². The highest BCUT2D eigenvalue weighted by molar-refractivity contribution is 6.11. The predicted molar refractivity (Wildman–Crippen MR) is 119 cm³/mol. The number of aromatic amines is 1. The topological polar surface area (TPSA) is 81.1 Å². The van der Waals surface area contributed by atoms with Crippen molar-refractivity contribution in [2.45, 2.75) is 38.5 Å². The molecule has 0 bridgehead atoms. The van der Waals surface area contributed by atoms with Crippen molar-refractivity contribution >= 4 is 27.6 Å². The van der Waals surface area contributed by atoms with E-state index in [4.69, 9.17) is 19.4 Å². The van der Waals surface area contributed by atoms with Gasteiger partial charge in [-0.3, -0.25) is 4.98 Å². The van der Waals surface area contributed by atoms with Crippen molar-refractivity contribution in [3.05, 3.63) is 36.8 Å². The molecular formula is C23H26N6O2. The lowest BCUT2D eigenvalue weighted by Crippen LogP contribution is -2.44. The molecule has 6 rings (SSSR count). The minimum Gasteiger partial charge on any atom is -0.377 e. The molecule has 2 fully saturated rings. The van der Waals surface area contributed by atoms with Gasteiger partial charge in [-0.05, 0) is 44.4 Å². The Morgan fingerprint density at radius 2 is 2.03 bits per heavy atom. The molecule has 0 radical (unpaired) electrons. The zero-order valence-corrected chi connectivity index (χ0v) is 17.6. The van der Waals surface area contributed by atoms with E-state index in [-0.39, 0.29) is 12.3 Å². The second kappa shape index (κ2) is 7.62. The molecule has 0 aliphatic carbocycles. The summed E-state index contributed by atoms with van der Waals surface area (Å²) in [5.74, 6) is 0.969. The minimum atomic E-state index is -0.0399. The van der Waals surface area contributed by atoms with Gasteiger partial charge in [0.2, 0.25) is 0 Å². The predicted octanol–water partition coefficient (Wildman–Crippen LogP) is 3.90. The maximum absolute atomic E-state index is 6.02. The number of anilines is 1. The van der Waals surface area contributed by atoms with E-state index in [2.05, 4.69) is 34.0 Å². The molecule has 6 heterocycles. The maximum Gasteiger partial charge on any atom is 0.150 e. The van der Waals surface area contributed by atoms with Crippen molar-refractivity contribution in [2.24, 2.45) is 0 Å². The Labute approximate surface area is 180 Å². The Morgan fingerprint density at radius 3 is 2.90 bits per heavy atom. The van der Waals surface area contributed by atoms with Crippen LogP contribution < -0.4 is 4.90 Å². The van der Waals surface area contributed by atoms with Crippen molar-refractivity contribution < 1.29 is 9.47 Å². The van der Waals surface area contributed by atoms with Crippen LogP contribution in [0.5, 0.6) is 0 Å². The first-order valence-electron chi connectivity index (χ1n) is 11.1. The summed E-state index contributed by atoms with van der Waals surface area (Å²) in [5, 5.41) is 6.72. The van der Waals surface area contributed by atoms with E-state index in [1.54, 1.807) is 0 Å². The first kappa shape index (κ1) is 18.8. The zero-order valence-electron chi connectivity index (χ0n) is 17.6. The quantitative estimate of drug-likeness (QED) is 0.544. The fraction of sp³-hybridized carbons (Fsp3) is 0.435. The zero-order chi connectivity index (χ0) is 20.8. The van der Waals surface area contributed by atoms with Gasteiger partial charge in [0.15, 0.2) is 6.23 Å². The molecule has 1 N–H and O–H groups in total. The van der Waals surface area contributed by atoms with Gasteiger partial charge in [-0.2, -0.15) is 5.10 Å². The summed E-state index contributed by atoms with van der Waals surface area (Å²) in [6.45, 7) is 5.19. The van der Waals surface area contributed by atoms with E-state index in [1.807, 2.05) is 29.3 Å². The first-order chi connectivity index (χ1) is 15.3. The Morgan fingerprint density at radius 1 is 1.06 bits per heavy atom. The number of morpholine rings is 1. The van der Waals surface area contributed by atoms with Gasteiger partial charge in [0.25, 0.3) is 0 Å². The lowest BCUT2D eigenvalue weighted by molar-refractivity contribution is -0.0383. The SMILES string of the molecule is C[C@@H]1COCCN1c1nc2c(-c3ccnn3C3CCCCO3)[nH]ccc2c2nccc12. The first-order valence-corrected chi connectivity index (χ1v) is 11.1. The van der Waals surface area contributed by atoms with Gasteiger partial charge in [0.1, 0.15) is 11.3 Å². The van der Waals surface area contributed by atoms with Crippen LogP contribution in [-0.4, -0.2) is 57.1 Å². The van der Waals surface area contributed by atoms with Crippen LogP contribution in [0.4, 0.5) is 5.82 Å². The van der Waals surface area contributed by atoms with Crippen LogP contribution in [-0.2, 0) is 9.47 Å². The molecule has 4 aromatic rings. The fourth-order valence-corrected chi connectivity index (χ4v) is 4.81. The monoisotopic (exact) mass is 418 g/mol. The molecule has 2 aliphatic rings. The molecule has 0 saturated carbocycles. The summed E-state index contributed by atoms with van der Waals surface area (Å²) in [7, 11) is 0. The standard InChI is InChI=1S/C23H26N6O2/c1-15-14-30-13-11-28(15)23-17-6-9-24-20(17)16-5-8-25-22(21(16)27-23)18-7-10-26-29(18)19-4-2-3-12-31-19/h5-10,15,19,25H,2-4,11-14H2,1H3/t15-,19?/m1/s1. The van der Waals surface area contributed by atoms with Crippen molar-refractivity contribution in [2.75, 3.05) is 31.3 Å². The molecule has 2 saturated heterocycles. The lowest BCUT2D eigenvalue weighted by atomic mass is 10.1. The highest BCUT2D eigenvalue weighted by Crippen LogP contribution is 2.36. The largest absolute Gasteiger partial charge is 0.377 e. The second-order valence-corrected chi connectivity index (χ2v) is 8.36. The van der Waals surface area contributed by atoms with Gasteiger partial charge in [-0.25, -0.2) is 9.67 Å². The van der Waals surface area contributed by atoms with Gasteiger partial charge < -0.3 is 19.4 Å². The number of nitrogens with zero attached hydrogens (tertiary/aromatic N) is 5. The van der Waals surface area contributed by atoms with Crippen LogP contribution in [0.2, 0.25) is 0 Å². The number of rotatable bonds is 3. The highest BCUT2D eigenvalue weighted by Gasteiger charge is 2.26. The van der Waals surface area contributed by atoms with Crippen molar-refractivity contribution in [3.63, 3.8) is 0 Å². The number of pyridine rings is 2. The summed E-state index contributed by atoms with van der Waals surface area (Å²) >= 11 is 0. The Hall–Kier alpha value is -2.97. The number of nitrogens with one attached hydrogen (secondary N) is 1. The average Bonchev–Trinajstić information content (AvgIpc) is 3.49. The number of hydrogen-bond acceptors (Lipinski definition) is 6. The lowest BCUT2D eigenvalue weighted by Gasteiger charge is -2.34. The molecule has 4 aromatic heterocycles. The van der Waals surface area contributed by atoms with E-state index in [1.165, 1.54) is 0 Å². The van der Waals surface area contributed by atoms with Crippen LogP contribution in [0.1, 0.15) is 32.4 Å². The van der Waals surface area contributed by atoms with Crippen molar-refractivity contribution in [1.29, 1.82) is 0 Å². The smallest absolute Gasteiger partial charge is 0.150 e. The Bertz CT molecular complexity index is 1230. The van der Waals surface area contributed by atoms with E-state index >= 15 is 0 Å². The summed E-state index contributed by atoms with van der Waals surface area (Å²) in [6, 6.07) is 6.42. The molecule has 0 spiro atoms. The number of aromatic nitrogens is 5. The van der Waals surface area contributed by atoms with Crippen LogP contribution in [0, 0.1) is 0 Å². The van der Waals surface area contributed by atoms with Crippen LogP contribution in [0.15, 0.2) is 36.8 Å². The van der Waals surface area contributed by atoms with Crippen LogP contribution >= 0.6 is 0 Å². The normalized spacial score (nSPS) is 22.4. The van der Waals surface area contributed by atoms with E-state index in [0.717, 1.165) is 71.4 Å². The van der Waals surface area contributed by atoms with Crippen LogP contribution in [0.25, 0.3) is 33.2 Å². The Kier molecular flexibility index (Phi) is 4.61. The van der Waals surface area contributed by atoms with E-state index in [0.29, 0.717) is 13.2 Å². The summed E-state index contributed by atoms with van der Waals surface area (Å²) in [4.78, 5) is 15.7. The van der Waals surface area contributed by atoms with Gasteiger partial charge in [-0.15, -0.1) is 0 Å². The molecule has 0 aromatic carbocycles. The molecule has 8 heteroatoms. The summed E-state index contributed by atoms with van der Waals surface area (Å²) in [6.07, 6.45) is 8.86. The second-order valence-electron chi connectivity index (χ2n) is 8.36. The summed E-state index contributed by atoms with van der Waals surface area (Å²) < 4.78 is 13.7. The molecule has 160 valence electrons. The van der Waals surface area contributed by atoms with Gasteiger partial charge >= 0.3 is 0 Å².